The largest absolute Gasteiger partial charge is 0.377 e. The van der Waals surface area contributed by atoms with E-state index in [-0.39, 0.29) is 0 Å². The highest BCUT2D eigenvalue weighted by Crippen LogP contribution is 2.36. The molecule has 4 aromatic rings. The number of para-hydroxylation sites is 2. The highest BCUT2D eigenvalue weighted by Gasteiger charge is 2.17. The van der Waals surface area contributed by atoms with Crippen LogP contribution in [0.15, 0.2) is 91.1 Å². The van der Waals surface area contributed by atoms with Crippen LogP contribution in [0.2, 0.25) is 0 Å². The molecule has 0 unspecified atom stereocenters. The normalized spacial score (nSPS) is 10.7. The number of benzene rings is 3. The summed E-state index contributed by atoms with van der Waals surface area (Å²) in [5, 5.41) is 4.93. The van der Waals surface area contributed by atoms with Gasteiger partial charge in [-0.1, -0.05) is 66.7 Å². The Hall–Kier alpha value is -3.33. The van der Waals surface area contributed by atoms with Gasteiger partial charge in [0.25, 0.3) is 0 Å². The van der Waals surface area contributed by atoms with E-state index in [1.165, 1.54) is 11.3 Å². The second-order valence-corrected chi connectivity index (χ2v) is 6.45. The van der Waals surface area contributed by atoms with Crippen molar-refractivity contribution in [2.45, 2.75) is 0 Å². The average Bonchev–Trinajstić information content (AvgIpc) is 3.14. The zero-order valence-electron chi connectivity index (χ0n) is 15.0. The van der Waals surface area contributed by atoms with E-state index in [1.807, 2.05) is 28.9 Å². The summed E-state index contributed by atoms with van der Waals surface area (Å²) in [5.74, 6) is 0. The van der Waals surface area contributed by atoms with Crippen LogP contribution >= 0.6 is 0 Å². The Morgan fingerprint density at radius 3 is 2.00 bits per heavy atom. The second-order valence-electron chi connectivity index (χ2n) is 6.45. The van der Waals surface area contributed by atoms with Crippen LogP contribution < -0.4 is 4.90 Å². The first-order chi connectivity index (χ1) is 12.7. The summed E-state index contributed by atoms with van der Waals surface area (Å²) in [5.41, 5.74) is 6.65. The van der Waals surface area contributed by atoms with Crippen molar-refractivity contribution in [2.24, 2.45) is 0 Å². The topological polar surface area (TPSA) is 21.1 Å². The smallest absolute Gasteiger partial charge is 0.101 e. The summed E-state index contributed by atoms with van der Waals surface area (Å²) in [4.78, 5) is 2.14. The van der Waals surface area contributed by atoms with Gasteiger partial charge in [-0.2, -0.15) is 5.10 Å². The second kappa shape index (κ2) is 6.89. The molecule has 0 aliphatic heterocycles. The highest BCUT2D eigenvalue weighted by atomic mass is 15.3. The van der Waals surface area contributed by atoms with Crippen LogP contribution in [0.4, 0.5) is 5.69 Å². The van der Waals surface area contributed by atoms with E-state index in [9.17, 15) is 0 Å². The van der Waals surface area contributed by atoms with Gasteiger partial charge in [-0.3, -0.25) is 0 Å². The summed E-state index contributed by atoms with van der Waals surface area (Å²) < 4.78 is 1.96. The maximum absolute atomic E-state index is 4.93. The van der Waals surface area contributed by atoms with Crippen molar-refractivity contribution in [3.8, 4) is 28.1 Å². The number of rotatable bonds is 4. The summed E-state index contributed by atoms with van der Waals surface area (Å²) >= 11 is 0. The van der Waals surface area contributed by atoms with Crippen molar-refractivity contribution < 1.29 is 0 Å². The lowest BCUT2D eigenvalue weighted by Gasteiger charge is -2.17. The minimum absolute atomic E-state index is 0.990. The summed E-state index contributed by atoms with van der Waals surface area (Å²) in [6.07, 6.45) is 2.12. The first-order valence-electron chi connectivity index (χ1n) is 8.71. The van der Waals surface area contributed by atoms with Gasteiger partial charge in [-0.25, -0.2) is 4.68 Å². The highest BCUT2D eigenvalue weighted by molar-refractivity contribution is 5.87. The van der Waals surface area contributed by atoms with Crippen molar-refractivity contribution in [1.82, 2.24) is 9.78 Å². The van der Waals surface area contributed by atoms with Crippen molar-refractivity contribution in [1.29, 1.82) is 0 Å². The Morgan fingerprint density at radius 1 is 0.692 bits per heavy atom. The zero-order valence-corrected chi connectivity index (χ0v) is 15.0. The van der Waals surface area contributed by atoms with E-state index in [1.54, 1.807) is 0 Å². The van der Waals surface area contributed by atoms with Gasteiger partial charge in [-0.05, 0) is 18.2 Å². The number of aromatic nitrogens is 2. The number of hydrogen-bond acceptors (Lipinski definition) is 2. The Bertz CT molecular complexity index is 1000. The van der Waals surface area contributed by atoms with E-state index < -0.39 is 0 Å². The van der Waals surface area contributed by atoms with Crippen molar-refractivity contribution in [3.05, 3.63) is 91.1 Å². The van der Waals surface area contributed by atoms with Gasteiger partial charge in [0, 0.05) is 42.7 Å². The third kappa shape index (κ3) is 3.00. The van der Waals surface area contributed by atoms with Crippen molar-refractivity contribution in [3.63, 3.8) is 0 Å². The summed E-state index contributed by atoms with van der Waals surface area (Å²) in [6, 6.07) is 29.1. The zero-order chi connectivity index (χ0) is 17.9. The molecule has 3 nitrogen and oxygen atoms in total. The van der Waals surface area contributed by atoms with E-state index in [0.717, 1.165) is 22.5 Å². The van der Waals surface area contributed by atoms with Crippen molar-refractivity contribution in [2.75, 3.05) is 19.0 Å². The molecule has 0 radical (unpaired) electrons. The van der Waals surface area contributed by atoms with E-state index in [0.29, 0.717) is 0 Å². The van der Waals surface area contributed by atoms with Crippen LogP contribution in [-0.4, -0.2) is 23.9 Å². The Labute approximate surface area is 154 Å². The molecule has 128 valence electrons. The molecule has 1 aromatic heterocycles. The molecule has 0 aliphatic carbocycles. The monoisotopic (exact) mass is 339 g/mol. The molecule has 0 fully saturated rings. The van der Waals surface area contributed by atoms with Crippen LogP contribution in [0.5, 0.6) is 0 Å². The predicted octanol–water partition coefficient (Wildman–Crippen LogP) is 5.27. The molecule has 3 aromatic carbocycles. The lowest BCUT2D eigenvalue weighted by Crippen LogP contribution is -2.09. The van der Waals surface area contributed by atoms with Crippen LogP contribution in [0, 0.1) is 0 Å². The van der Waals surface area contributed by atoms with E-state index in [4.69, 9.17) is 5.10 Å². The summed E-state index contributed by atoms with van der Waals surface area (Å²) in [6.45, 7) is 0. The molecule has 0 N–H and O–H groups in total. The Morgan fingerprint density at radius 2 is 1.31 bits per heavy atom. The molecular weight excluding hydrogens is 318 g/mol. The fourth-order valence-electron chi connectivity index (χ4n) is 3.18. The molecule has 1 heterocycles. The fraction of sp³-hybridized carbons (Fsp3) is 0.0870. The van der Waals surface area contributed by atoms with Crippen LogP contribution in [-0.2, 0) is 0 Å². The summed E-state index contributed by atoms with van der Waals surface area (Å²) in [7, 11) is 4.14. The van der Waals surface area contributed by atoms with Gasteiger partial charge < -0.3 is 4.90 Å². The van der Waals surface area contributed by atoms with Gasteiger partial charge in [0.15, 0.2) is 0 Å². The van der Waals surface area contributed by atoms with Gasteiger partial charge in [-0.15, -0.1) is 0 Å². The molecule has 0 aliphatic rings. The minimum atomic E-state index is 0.990. The van der Waals surface area contributed by atoms with E-state index in [2.05, 4.69) is 85.9 Å². The molecule has 0 saturated carbocycles. The minimum Gasteiger partial charge on any atom is -0.377 e. The maximum Gasteiger partial charge on any atom is 0.101 e. The molecule has 26 heavy (non-hydrogen) atoms. The average molecular weight is 339 g/mol. The van der Waals surface area contributed by atoms with Gasteiger partial charge >= 0.3 is 0 Å². The van der Waals surface area contributed by atoms with Gasteiger partial charge in [0.2, 0.25) is 0 Å². The molecule has 0 bridgehead atoms. The lowest BCUT2D eigenvalue weighted by molar-refractivity contribution is 0.884. The fourth-order valence-corrected chi connectivity index (χ4v) is 3.18. The molecule has 0 amide bonds. The predicted molar refractivity (Wildman–Crippen MR) is 109 cm³/mol. The molecular formula is C23H21N3. The number of hydrogen-bond donors (Lipinski definition) is 0. The lowest BCUT2D eigenvalue weighted by atomic mass is 10.00. The molecule has 3 heteroatoms. The standard InChI is InChI=1S/C23H21N3/c1-25(2)22-16-10-9-15-20(22)21-17-26(19-13-7-4-8-14-19)24-23(21)18-11-5-3-6-12-18/h3-17H,1-2H3. The third-order valence-electron chi connectivity index (χ3n) is 4.46. The Balaban J connectivity index is 1.95. The SMILES string of the molecule is CN(C)c1ccccc1-c1cn(-c2ccccc2)nc1-c1ccccc1. The van der Waals surface area contributed by atoms with Gasteiger partial charge in [0.1, 0.15) is 5.69 Å². The number of nitrogens with zero attached hydrogens (tertiary/aromatic N) is 3. The maximum atomic E-state index is 4.93. The Kier molecular flexibility index (Phi) is 4.28. The van der Waals surface area contributed by atoms with Crippen LogP contribution in [0.25, 0.3) is 28.1 Å². The molecule has 0 spiro atoms. The van der Waals surface area contributed by atoms with Crippen LogP contribution in [0.1, 0.15) is 0 Å². The molecule has 0 atom stereocenters. The number of anilines is 1. The third-order valence-corrected chi connectivity index (χ3v) is 4.46. The quantitative estimate of drug-likeness (QED) is 0.505. The van der Waals surface area contributed by atoms with Crippen LogP contribution in [0.3, 0.4) is 0 Å². The van der Waals surface area contributed by atoms with Crippen molar-refractivity contribution >= 4 is 5.69 Å². The first kappa shape index (κ1) is 16.2. The molecule has 0 saturated heterocycles. The molecule has 4 rings (SSSR count). The van der Waals surface area contributed by atoms with E-state index >= 15 is 0 Å². The van der Waals surface area contributed by atoms with Gasteiger partial charge in [0.05, 0.1) is 5.69 Å². The first-order valence-corrected chi connectivity index (χ1v) is 8.71.